The Morgan fingerprint density at radius 2 is 2.50 bits per heavy atom. The second-order valence-electron chi connectivity index (χ2n) is 2.68. The molecule has 1 aromatic heterocycles. The highest BCUT2D eigenvalue weighted by Gasteiger charge is 2.04. The molecule has 0 aliphatic carbocycles. The molecule has 0 spiro atoms. The number of aliphatic hydroxyl groups excluding tert-OH is 1. The molecule has 1 unspecified atom stereocenters. The van der Waals surface area contributed by atoms with E-state index in [0.29, 0.717) is 12.8 Å². The van der Waals surface area contributed by atoms with E-state index in [0.717, 1.165) is 6.42 Å². The van der Waals surface area contributed by atoms with Crippen molar-refractivity contribution in [2.24, 2.45) is 0 Å². The van der Waals surface area contributed by atoms with Crippen LogP contribution >= 0.6 is 11.3 Å². The van der Waals surface area contributed by atoms with Crippen LogP contribution in [0.1, 0.15) is 17.7 Å². The lowest BCUT2D eigenvalue weighted by Gasteiger charge is -2.05. The lowest BCUT2D eigenvalue weighted by molar-refractivity contribution is 0.167. The third-order valence-electron chi connectivity index (χ3n) is 1.64. The van der Waals surface area contributed by atoms with Gasteiger partial charge in [-0.2, -0.15) is 0 Å². The minimum Gasteiger partial charge on any atom is -0.393 e. The van der Waals surface area contributed by atoms with Crippen molar-refractivity contribution in [2.75, 3.05) is 0 Å². The molecule has 0 fully saturated rings. The minimum absolute atomic E-state index is 0.278. The molecule has 0 radical (unpaired) electrons. The van der Waals surface area contributed by atoms with Crippen LogP contribution in [0.4, 0.5) is 0 Å². The zero-order valence-electron chi connectivity index (χ0n) is 6.86. The largest absolute Gasteiger partial charge is 0.393 e. The van der Waals surface area contributed by atoms with Crippen molar-refractivity contribution < 1.29 is 5.11 Å². The Hall–Kier alpha value is -0.780. The van der Waals surface area contributed by atoms with E-state index in [-0.39, 0.29) is 6.10 Å². The molecule has 1 heterocycles. The van der Waals surface area contributed by atoms with Gasteiger partial charge in [-0.25, -0.2) is 0 Å². The van der Waals surface area contributed by atoms with Gasteiger partial charge in [-0.3, -0.25) is 0 Å². The lowest BCUT2D eigenvalue weighted by atomic mass is 10.1. The van der Waals surface area contributed by atoms with Gasteiger partial charge in [0.25, 0.3) is 0 Å². The predicted molar refractivity (Wildman–Crippen MR) is 52.1 cm³/mol. The number of hydrogen-bond acceptors (Lipinski definition) is 2. The van der Waals surface area contributed by atoms with Crippen LogP contribution in [0.5, 0.6) is 0 Å². The van der Waals surface area contributed by atoms with E-state index in [1.807, 2.05) is 17.5 Å². The van der Waals surface area contributed by atoms with Gasteiger partial charge in [-0.05, 0) is 17.9 Å². The van der Waals surface area contributed by atoms with Crippen LogP contribution in [-0.2, 0) is 6.42 Å². The first kappa shape index (κ1) is 9.31. The van der Waals surface area contributed by atoms with Crippen molar-refractivity contribution in [3.05, 3.63) is 22.4 Å². The summed E-state index contributed by atoms with van der Waals surface area (Å²) in [6, 6.07) is 4.03. The molecule has 0 aromatic carbocycles. The molecule has 1 N–H and O–H groups in total. The van der Waals surface area contributed by atoms with E-state index in [2.05, 4.69) is 5.92 Å². The smallest absolute Gasteiger partial charge is 0.0597 e. The Balaban J connectivity index is 2.28. The highest BCUT2D eigenvalue weighted by Crippen LogP contribution is 2.12. The Bertz CT molecular complexity index is 245. The second-order valence-corrected chi connectivity index (χ2v) is 3.71. The summed E-state index contributed by atoms with van der Waals surface area (Å²) in [7, 11) is 0. The Labute approximate surface area is 77.1 Å². The fourth-order valence-corrected chi connectivity index (χ4v) is 1.79. The highest BCUT2D eigenvalue weighted by molar-refractivity contribution is 7.09. The van der Waals surface area contributed by atoms with Crippen LogP contribution in [-0.4, -0.2) is 11.2 Å². The summed E-state index contributed by atoms with van der Waals surface area (Å²) in [6.07, 6.45) is 6.91. The molecule has 1 rings (SSSR count). The van der Waals surface area contributed by atoms with Gasteiger partial charge in [0.2, 0.25) is 0 Å². The van der Waals surface area contributed by atoms with Crippen molar-refractivity contribution in [3.63, 3.8) is 0 Å². The average molecular weight is 180 g/mol. The number of aliphatic hydroxyl groups is 1. The molecular formula is C10H12OS. The first-order valence-electron chi connectivity index (χ1n) is 3.97. The third-order valence-corrected chi connectivity index (χ3v) is 2.54. The van der Waals surface area contributed by atoms with Crippen molar-refractivity contribution in [1.29, 1.82) is 0 Å². The maximum absolute atomic E-state index is 9.46. The van der Waals surface area contributed by atoms with Gasteiger partial charge in [0.1, 0.15) is 0 Å². The standard InChI is InChI=1S/C10H12OS/c1-2-3-5-9(11)8-10-6-4-7-12-10/h1,4,6-7,9,11H,3,5,8H2. The zero-order chi connectivity index (χ0) is 8.81. The van der Waals surface area contributed by atoms with E-state index in [4.69, 9.17) is 6.42 Å². The molecule has 0 saturated carbocycles. The average Bonchev–Trinajstić information content (AvgIpc) is 2.53. The molecule has 0 aliphatic rings. The number of hydrogen-bond donors (Lipinski definition) is 1. The molecule has 0 bridgehead atoms. The molecule has 0 saturated heterocycles. The van der Waals surface area contributed by atoms with E-state index in [1.165, 1.54) is 4.88 Å². The normalized spacial score (nSPS) is 12.3. The van der Waals surface area contributed by atoms with Gasteiger partial charge < -0.3 is 5.11 Å². The summed E-state index contributed by atoms with van der Waals surface area (Å²) in [5.74, 6) is 2.52. The quantitative estimate of drug-likeness (QED) is 0.703. The van der Waals surface area contributed by atoms with Crippen LogP contribution < -0.4 is 0 Å². The second kappa shape index (κ2) is 4.97. The maximum Gasteiger partial charge on any atom is 0.0597 e. The molecule has 2 heteroatoms. The third kappa shape index (κ3) is 3.08. The maximum atomic E-state index is 9.46. The van der Waals surface area contributed by atoms with Gasteiger partial charge in [0.05, 0.1) is 6.10 Å². The molecule has 1 aromatic rings. The topological polar surface area (TPSA) is 20.2 Å². The molecular weight excluding hydrogens is 168 g/mol. The van der Waals surface area contributed by atoms with E-state index >= 15 is 0 Å². The molecule has 0 aliphatic heterocycles. The van der Waals surface area contributed by atoms with Crippen molar-refractivity contribution in [3.8, 4) is 12.3 Å². The van der Waals surface area contributed by atoms with Gasteiger partial charge in [-0.15, -0.1) is 23.7 Å². The molecule has 64 valence electrons. The van der Waals surface area contributed by atoms with Crippen LogP contribution in [0.25, 0.3) is 0 Å². The Kier molecular flexibility index (Phi) is 3.86. The van der Waals surface area contributed by atoms with Crippen molar-refractivity contribution in [2.45, 2.75) is 25.4 Å². The van der Waals surface area contributed by atoms with Crippen LogP contribution in [0.2, 0.25) is 0 Å². The van der Waals surface area contributed by atoms with Crippen LogP contribution in [0.3, 0.4) is 0 Å². The van der Waals surface area contributed by atoms with Crippen molar-refractivity contribution in [1.82, 2.24) is 0 Å². The summed E-state index contributed by atoms with van der Waals surface area (Å²) in [6.45, 7) is 0. The van der Waals surface area contributed by atoms with E-state index in [1.54, 1.807) is 11.3 Å². The number of thiophene rings is 1. The lowest BCUT2D eigenvalue weighted by Crippen LogP contribution is -2.08. The zero-order valence-corrected chi connectivity index (χ0v) is 7.68. The summed E-state index contributed by atoms with van der Waals surface area (Å²) in [5, 5.41) is 11.5. The first-order valence-corrected chi connectivity index (χ1v) is 4.85. The van der Waals surface area contributed by atoms with Crippen LogP contribution in [0.15, 0.2) is 17.5 Å². The molecule has 0 amide bonds. The monoisotopic (exact) mass is 180 g/mol. The van der Waals surface area contributed by atoms with Crippen LogP contribution in [0, 0.1) is 12.3 Å². The fraction of sp³-hybridized carbons (Fsp3) is 0.400. The van der Waals surface area contributed by atoms with Gasteiger partial charge in [0, 0.05) is 17.7 Å². The van der Waals surface area contributed by atoms with E-state index in [9.17, 15) is 5.11 Å². The molecule has 1 atom stereocenters. The molecule has 12 heavy (non-hydrogen) atoms. The van der Waals surface area contributed by atoms with E-state index < -0.39 is 0 Å². The number of terminal acetylenes is 1. The first-order chi connectivity index (χ1) is 5.83. The summed E-state index contributed by atoms with van der Waals surface area (Å²) in [5.41, 5.74) is 0. The van der Waals surface area contributed by atoms with Gasteiger partial charge >= 0.3 is 0 Å². The number of rotatable bonds is 4. The SMILES string of the molecule is C#CCCC(O)Cc1cccs1. The predicted octanol–water partition coefficient (Wildman–Crippen LogP) is 2.06. The molecule has 1 nitrogen and oxygen atoms in total. The van der Waals surface area contributed by atoms with Gasteiger partial charge in [0.15, 0.2) is 0 Å². The summed E-state index contributed by atoms with van der Waals surface area (Å²) >= 11 is 1.67. The Morgan fingerprint density at radius 1 is 1.67 bits per heavy atom. The minimum atomic E-state index is -0.278. The highest BCUT2D eigenvalue weighted by atomic mass is 32.1. The van der Waals surface area contributed by atoms with Crippen molar-refractivity contribution >= 4 is 11.3 Å². The Morgan fingerprint density at radius 3 is 3.08 bits per heavy atom. The summed E-state index contributed by atoms with van der Waals surface area (Å²) in [4.78, 5) is 1.22. The fourth-order valence-electron chi connectivity index (χ4n) is 1.01. The summed E-state index contributed by atoms with van der Waals surface area (Å²) < 4.78 is 0. The van der Waals surface area contributed by atoms with Gasteiger partial charge in [-0.1, -0.05) is 6.07 Å².